The molecule has 0 radical (unpaired) electrons. The van der Waals surface area contributed by atoms with Crippen LogP contribution in [-0.2, 0) is 19.6 Å². The van der Waals surface area contributed by atoms with Gasteiger partial charge < -0.3 is 5.11 Å². The number of carbonyl (C=O) groups is 3. The first-order chi connectivity index (χ1) is 8.80. The van der Waals surface area contributed by atoms with Gasteiger partial charge in [0.1, 0.15) is 9.09 Å². The Balaban J connectivity index is 2.33. The molecule has 0 aliphatic carbocycles. The molecule has 1 aliphatic rings. The van der Waals surface area contributed by atoms with Gasteiger partial charge in [-0.3, -0.25) is 14.9 Å². The molecule has 0 bridgehead atoms. The predicted molar refractivity (Wildman–Crippen MR) is 63.2 cm³/mol. The Morgan fingerprint density at radius 1 is 1.26 bits per heavy atom. The van der Waals surface area contributed by atoms with Crippen LogP contribution in [0.1, 0.15) is 9.67 Å². The van der Waals surface area contributed by atoms with Crippen molar-refractivity contribution in [2.24, 2.45) is 0 Å². The van der Waals surface area contributed by atoms with Gasteiger partial charge in [0.2, 0.25) is 11.8 Å². The van der Waals surface area contributed by atoms with Crippen molar-refractivity contribution in [2.75, 3.05) is 13.1 Å². The lowest BCUT2D eigenvalue weighted by molar-refractivity contribution is -0.134. The number of nitrogens with zero attached hydrogens (tertiary/aromatic N) is 1. The molecule has 2 rings (SSSR count). The molecule has 10 heteroatoms. The fraction of sp³-hybridized carbons (Fsp3) is 0.222. The summed E-state index contributed by atoms with van der Waals surface area (Å²) >= 11 is 0.572. The number of nitrogens with one attached hydrogen (secondary N) is 1. The summed E-state index contributed by atoms with van der Waals surface area (Å²) in [5.41, 5.74) is 0. The standard InChI is InChI=1S/C9H8N2O6S2/c12-6-3-11(4-7(13)10-6)19(16,17)8-2-1-5(18-8)9(14)15/h1-2H,3-4H2,(H,14,15)(H,10,12,13). The topological polar surface area (TPSA) is 121 Å². The predicted octanol–water partition coefficient (Wildman–Crippen LogP) is -0.907. The monoisotopic (exact) mass is 304 g/mol. The van der Waals surface area contributed by atoms with E-state index in [1.54, 1.807) is 0 Å². The van der Waals surface area contributed by atoms with Crippen molar-refractivity contribution in [3.63, 3.8) is 0 Å². The highest BCUT2D eigenvalue weighted by molar-refractivity contribution is 7.91. The minimum absolute atomic E-state index is 0.133. The SMILES string of the molecule is O=C1CN(S(=O)(=O)c2ccc(C(=O)O)s2)CC(=O)N1. The van der Waals surface area contributed by atoms with E-state index in [2.05, 4.69) is 0 Å². The second-order valence-electron chi connectivity index (χ2n) is 3.67. The van der Waals surface area contributed by atoms with Crippen molar-refractivity contribution < 1.29 is 27.9 Å². The molecule has 1 saturated heterocycles. The summed E-state index contributed by atoms with van der Waals surface area (Å²) in [6.07, 6.45) is 0. The maximum atomic E-state index is 12.1. The summed E-state index contributed by atoms with van der Waals surface area (Å²) in [6.45, 7) is -0.928. The van der Waals surface area contributed by atoms with Crippen LogP contribution in [0.2, 0.25) is 0 Å². The van der Waals surface area contributed by atoms with E-state index in [0.717, 1.165) is 12.1 Å². The van der Waals surface area contributed by atoms with Crippen molar-refractivity contribution in [2.45, 2.75) is 4.21 Å². The molecule has 8 nitrogen and oxygen atoms in total. The van der Waals surface area contributed by atoms with Gasteiger partial charge in [-0.15, -0.1) is 11.3 Å². The van der Waals surface area contributed by atoms with Crippen molar-refractivity contribution in [1.29, 1.82) is 0 Å². The average Bonchev–Trinajstić information content (AvgIpc) is 2.77. The highest BCUT2D eigenvalue weighted by Crippen LogP contribution is 2.25. The van der Waals surface area contributed by atoms with E-state index in [0.29, 0.717) is 15.6 Å². The van der Waals surface area contributed by atoms with Crippen LogP contribution >= 0.6 is 11.3 Å². The van der Waals surface area contributed by atoms with Gasteiger partial charge >= 0.3 is 5.97 Å². The third-order valence-electron chi connectivity index (χ3n) is 2.31. The third-order valence-corrected chi connectivity index (χ3v) is 5.64. The largest absolute Gasteiger partial charge is 0.477 e. The minimum atomic E-state index is -4.03. The molecule has 2 amide bonds. The maximum Gasteiger partial charge on any atom is 0.345 e. The molecule has 1 fully saturated rings. The molecule has 1 aliphatic heterocycles. The molecule has 0 unspecified atom stereocenters. The maximum absolute atomic E-state index is 12.1. The van der Waals surface area contributed by atoms with Crippen molar-refractivity contribution in [3.05, 3.63) is 17.0 Å². The normalized spacial score (nSPS) is 17.3. The highest BCUT2D eigenvalue weighted by Gasteiger charge is 2.34. The Bertz CT molecular complexity index is 646. The second-order valence-corrected chi connectivity index (χ2v) is 6.92. The number of amides is 2. The summed E-state index contributed by atoms with van der Waals surface area (Å²) < 4.78 is 24.7. The number of sulfonamides is 1. The molecule has 1 aromatic heterocycles. The zero-order chi connectivity index (χ0) is 14.2. The van der Waals surface area contributed by atoms with Crippen LogP contribution in [0.5, 0.6) is 0 Å². The van der Waals surface area contributed by atoms with Gasteiger partial charge in [-0.1, -0.05) is 0 Å². The first-order valence-electron chi connectivity index (χ1n) is 4.96. The van der Waals surface area contributed by atoms with Crippen LogP contribution in [0.15, 0.2) is 16.3 Å². The van der Waals surface area contributed by atoms with E-state index in [4.69, 9.17) is 5.11 Å². The lowest BCUT2D eigenvalue weighted by Crippen LogP contribution is -2.53. The average molecular weight is 304 g/mol. The number of thiophene rings is 1. The van der Waals surface area contributed by atoms with Crippen molar-refractivity contribution in [1.82, 2.24) is 9.62 Å². The molecule has 2 N–H and O–H groups in total. The van der Waals surface area contributed by atoms with Gasteiger partial charge in [-0.05, 0) is 12.1 Å². The van der Waals surface area contributed by atoms with Gasteiger partial charge in [0.05, 0.1) is 13.1 Å². The number of hydrogen-bond donors (Lipinski definition) is 2. The Labute approximate surface area is 111 Å². The number of piperazine rings is 1. The lowest BCUT2D eigenvalue weighted by atomic mass is 10.4. The van der Waals surface area contributed by atoms with Crippen molar-refractivity contribution in [3.8, 4) is 0 Å². The minimum Gasteiger partial charge on any atom is -0.477 e. The molecular weight excluding hydrogens is 296 g/mol. The highest BCUT2D eigenvalue weighted by atomic mass is 32.2. The van der Waals surface area contributed by atoms with Gasteiger partial charge in [-0.25, -0.2) is 13.2 Å². The molecule has 0 saturated carbocycles. The summed E-state index contributed by atoms with van der Waals surface area (Å²) in [5, 5.41) is 10.7. The summed E-state index contributed by atoms with van der Waals surface area (Å²) in [6, 6.07) is 2.30. The molecular formula is C9H8N2O6S2. The van der Waals surface area contributed by atoms with Gasteiger partial charge in [0.15, 0.2) is 0 Å². The zero-order valence-electron chi connectivity index (χ0n) is 9.32. The van der Waals surface area contributed by atoms with E-state index >= 15 is 0 Å². The van der Waals surface area contributed by atoms with Gasteiger partial charge in [0.25, 0.3) is 10.0 Å². The van der Waals surface area contributed by atoms with Crippen LogP contribution in [-0.4, -0.2) is 48.7 Å². The molecule has 2 heterocycles. The quantitative estimate of drug-likeness (QED) is 0.698. The Kier molecular flexibility index (Phi) is 3.39. The lowest BCUT2D eigenvalue weighted by Gasteiger charge is -2.23. The van der Waals surface area contributed by atoms with Crippen LogP contribution in [0.4, 0.5) is 0 Å². The summed E-state index contributed by atoms with van der Waals surface area (Å²) in [5.74, 6) is -2.66. The first kappa shape index (κ1) is 13.6. The van der Waals surface area contributed by atoms with Crippen LogP contribution in [0.3, 0.4) is 0 Å². The number of carboxylic acid groups (broad SMARTS) is 1. The Hall–Kier alpha value is -1.78. The Morgan fingerprint density at radius 2 is 1.84 bits per heavy atom. The smallest absolute Gasteiger partial charge is 0.345 e. The summed E-state index contributed by atoms with van der Waals surface area (Å²) in [4.78, 5) is 32.9. The van der Waals surface area contributed by atoms with Crippen molar-refractivity contribution >= 4 is 39.1 Å². The third kappa shape index (κ3) is 2.64. The van der Waals surface area contributed by atoms with E-state index < -0.39 is 40.9 Å². The number of rotatable bonds is 3. The summed E-state index contributed by atoms with van der Waals surface area (Å²) in [7, 11) is -4.03. The van der Waals surface area contributed by atoms with E-state index in [1.165, 1.54) is 0 Å². The van der Waals surface area contributed by atoms with E-state index in [-0.39, 0.29) is 9.09 Å². The number of carboxylic acids is 1. The fourth-order valence-electron chi connectivity index (χ4n) is 1.48. The number of aromatic carboxylic acids is 1. The Morgan fingerprint density at radius 3 is 2.32 bits per heavy atom. The second kappa shape index (κ2) is 4.72. The first-order valence-corrected chi connectivity index (χ1v) is 7.22. The number of hydrogen-bond acceptors (Lipinski definition) is 6. The molecule has 0 spiro atoms. The van der Waals surface area contributed by atoms with Crippen LogP contribution in [0.25, 0.3) is 0 Å². The molecule has 0 aromatic carbocycles. The molecule has 0 atom stereocenters. The van der Waals surface area contributed by atoms with E-state index in [9.17, 15) is 22.8 Å². The molecule has 19 heavy (non-hydrogen) atoms. The number of carbonyl (C=O) groups excluding carboxylic acids is 2. The zero-order valence-corrected chi connectivity index (χ0v) is 11.0. The van der Waals surface area contributed by atoms with Crippen LogP contribution in [0, 0.1) is 0 Å². The molecule has 1 aromatic rings. The number of imide groups is 1. The van der Waals surface area contributed by atoms with E-state index in [1.807, 2.05) is 5.32 Å². The van der Waals surface area contributed by atoms with Gasteiger partial charge in [-0.2, -0.15) is 4.31 Å². The molecule has 102 valence electrons. The fourth-order valence-corrected chi connectivity index (χ4v) is 4.13. The van der Waals surface area contributed by atoms with Gasteiger partial charge in [0, 0.05) is 0 Å². The van der Waals surface area contributed by atoms with Crippen LogP contribution < -0.4 is 5.32 Å².